The van der Waals surface area contributed by atoms with Crippen LogP contribution in [-0.4, -0.2) is 21.8 Å². The van der Waals surface area contributed by atoms with Gasteiger partial charge in [0.15, 0.2) is 5.82 Å². The summed E-state index contributed by atoms with van der Waals surface area (Å²) < 4.78 is 7.54. The summed E-state index contributed by atoms with van der Waals surface area (Å²) >= 11 is 12.2. The first kappa shape index (κ1) is 14.1. The first-order valence-corrected chi connectivity index (χ1v) is 6.45. The van der Waals surface area contributed by atoms with Crippen LogP contribution in [-0.2, 0) is 20.2 Å². The second kappa shape index (κ2) is 6.23. The van der Waals surface area contributed by atoms with E-state index in [-0.39, 0.29) is 0 Å². The average Bonchev–Trinajstić information content (AvgIpc) is 2.74. The maximum absolute atomic E-state index is 6.17. The van der Waals surface area contributed by atoms with Crippen LogP contribution in [0.2, 0.25) is 10.0 Å². The molecule has 0 aliphatic heterocycles. The predicted molar refractivity (Wildman–Crippen MR) is 74.6 cm³/mol. The molecule has 0 aliphatic carbocycles. The Bertz CT molecular complexity index is 571. The average molecular weight is 301 g/mol. The number of ether oxygens (including phenoxy) is 1. The molecule has 0 saturated carbocycles. The van der Waals surface area contributed by atoms with E-state index in [1.807, 2.05) is 20.2 Å². The lowest BCUT2D eigenvalue weighted by atomic mass is 10.2. The number of rotatable bonds is 5. The van der Waals surface area contributed by atoms with Gasteiger partial charge in [-0.05, 0) is 19.2 Å². The fraction of sp³-hybridized carbons (Fsp3) is 0.333. The van der Waals surface area contributed by atoms with Crippen LogP contribution < -0.4 is 10.1 Å². The number of benzene rings is 1. The summed E-state index contributed by atoms with van der Waals surface area (Å²) in [4.78, 5) is 0. The maximum atomic E-state index is 6.17. The summed E-state index contributed by atoms with van der Waals surface area (Å²) in [6, 6.07) is 3.49. The van der Waals surface area contributed by atoms with E-state index in [1.54, 1.807) is 17.0 Å². The van der Waals surface area contributed by atoms with Gasteiger partial charge in [-0.1, -0.05) is 23.2 Å². The molecule has 0 radical (unpaired) electrons. The van der Waals surface area contributed by atoms with Crippen LogP contribution in [0.4, 0.5) is 0 Å². The lowest BCUT2D eigenvalue weighted by molar-refractivity contribution is 0.288. The van der Waals surface area contributed by atoms with Crippen molar-refractivity contribution >= 4 is 23.2 Å². The zero-order chi connectivity index (χ0) is 13.8. The summed E-state index contributed by atoms with van der Waals surface area (Å²) in [7, 11) is 3.71. The third-order valence-electron chi connectivity index (χ3n) is 2.60. The first-order chi connectivity index (χ1) is 9.11. The molecule has 1 heterocycles. The highest BCUT2D eigenvalue weighted by Gasteiger charge is 2.12. The zero-order valence-corrected chi connectivity index (χ0v) is 12.2. The number of aryl methyl sites for hydroxylation is 1. The Morgan fingerprint density at radius 2 is 2.16 bits per heavy atom. The molecule has 1 aromatic carbocycles. The van der Waals surface area contributed by atoms with Crippen molar-refractivity contribution in [2.75, 3.05) is 7.05 Å². The standard InChI is InChI=1S/C12H14Cl2N4O/c1-15-5-8-3-9(13)4-10(14)12(8)19-6-11-17-16-7-18(11)2/h3-4,7,15H,5-6H2,1-2H3. The van der Waals surface area contributed by atoms with Gasteiger partial charge in [-0.2, -0.15) is 0 Å². The van der Waals surface area contributed by atoms with E-state index in [9.17, 15) is 0 Å². The molecule has 5 nitrogen and oxygen atoms in total. The van der Waals surface area contributed by atoms with Crippen LogP contribution in [0.3, 0.4) is 0 Å². The molecule has 0 bridgehead atoms. The minimum absolute atomic E-state index is 0.300. The largest absolute Gasteiger partial charge is 0.484 e. The number of halogens is 2. The summed E-state index contributed by atoms with van der Waals surface area (Å²) in [5.41, 5.74) is 0.905. The quantitative estimate of drug-likeness (QED) is 0.921. The SMILES string of the molecule is CNCc1cc(Cl)cc(Cl)c1OCc1nncn1C. The molecular formula is C12H14Cl2N4O. The Morgan fingerprint density at radius 3 is 2.79 bits per heavy atom. The van der Waals surface area contributed by atoms with Gasteiger partial charge in [-0.15, -0.1) is 10.2 Å². The molecule has 0 aliphatic rings. The van der Waals surface area contributed by atoms with Crippen molar-refractivity contribution in [1.29, 1.82) is 0 Å². The fourth-order valence-electron chi connectivity index (χ4n) is 1.67. The molecule has 7 heteroatoms. The molecule has 1 aromatic heterocycles. The van der Waals surface area contributed by atoms with Gasteiger partial charge in [0.2, 0.25) is 0 Å². The van der Waals surface area contributed by atoms with E-state index in [2.05, 4.69) is 15.5 Å². The second-order valence-corrected chi connectivity index (χ2v) is 4.90. The Morgan fingerprint density at radius 1 is 1.37 bits per heavy atom. The minimum atomic E-state index is 0.300. The highest BCUT2D eigenvalue weighted by Crippen LogP contribution is 2.32. The lowest BCUT2D eigenvalue weighted by Gasteiger charge is -2.13. The molecule has 0 fully saturated rings. The van der Waals surface area contributed by atoms with E-state index in [4.69, 9.17) is 27.9 Å². The van der Waals surface area contributed by atoms with Gasteiger partial charge in [0.1, 0.15) is 18.7 Å². The van der Waals surface area contributed by atoms with Crippen LogP contribution in [0, 0.1) is 0 Å². The van der Waals surface area contributed by atoms with E-state index >= 15 is 0 Å². The number of nitrogens with zero attached hydrogens (tertiary/aromatic N) is 3. The van der Waals surface area contributed by atoms with Gasteiger partial charge in [0.05, 0.1) is 5.02 Å². The molecule has 2 rings (SSSR count). The minimum Gasteiger partial charge on any atom is -0.484 e. The van der Waals surface area contributed by atoms with E-state index in [1.165, 1.54) is 0 Å². The second-order valence-electron chi connectivity index (χ2n) is 4.05. The van der Waals surface area contributed by atoms with Gasteiger partial charge in [0.25, 0.3) is 0 Å². The van der Waals surface area contributed by atoms with Crippen molar-refractivity contribution in [2.24, 2.45) is 7.05 Å². The monoisotopic (exact) mass is 300 g/mol. The normalized spacial score (nSPS) is 10.7. The van der Waals surface area contributed by atoms with Gasteiger partial charge in [-0.3, -0.25) is 0 Å². The first-order valence-electron chi connectivity index (χ1n) is 5.70. The number of hydrogen-bond donors (Lipinski definition) is 1. The van der Waals surface area contributed by atoms with Gasteiger partial charge in [0, 0.05) is 24.2 Å². The van der Waals surface area contributed by atoms with Crippen LogP contribution >= 0.6 is 23.2 Å². The van der Waals surface area contributed by atoms with Crippen molar-refractivity contribution in [1.82, 2.24) is 20.1 Å². The highest BCUT2D eigenvalue weighted by atomic mass is 35.5. The van der Waals surface area contributed by atoms with Crippen molar-refractivity contribution in [3.8, 4) is 5.75 Å². The third-order valence-corrected chi connectivity index (χ3v) is 3.10. The molecule has 0 saturated heterocycles. The summed E-state index contributed by atoms with van der Waals surface area (Å²) in [6.45, 7) is 0.920. The fourth-order valence-corrected chi connectivity index (χ4v) is 2.26. The van der Waals surface area contributed by atoms with Gasteiger partial charge < -0.3 is 14.6 Å². The van der Waals surface area contributed by atoms with Crippen LogP contribution in [0.5, 0.6) is 5.75 Å². The maximum Gasteiger partial charge on any atom is 0.170 e. The van der Waals surface area contributed by atoms with Crippen molar-refractivity contribution < 1.29 is 4.74 Å². The Kier molecular flexibility index (Phi) is 4.63. The van der Waals surface area contributed by atoms with E-state index in [0.717, 1.165) is 11.4 Å². The van der Waals surface area contributed by atoms with Crippen LogP contribution in [0.25, 0.3) is 0 Å². The molecule has 1 N–H and O–H groups in total. The predicted octanol–water partition coefficient (Wildman–Crippen LogP) is 2.42. The molecule has 19 heavy (non-hydrogen) atoms. The molecule has 102 valence electrons. The number of nitrogens with one attached hydrogen (secondary N) is 1. The summed E-state index contributed by atoms with van der Waals surface area (Å²) in [6.07, 6.45) is 1.62. The molecular weight excluding hydrogens is 287 g/mol. The molecule has 2 aromatic rings. The third kappa shape index (κ3) is 3.37. The van der Waals surface area contributed by atoms with Crippen molar-refractivity contribution in [2.45, 2.75) is 13.2 Å². The molecule has 0 unspecified atom stereocenters. The van der Waals surface area contributed by atoms with Crippen molar-refractivity contribution in [3.63, 3.8) is 0 Å². The van der Waals surface area contributed by atoms with Crippen molar-refractivity contribution in [3.05, 3.63) is 39.9 Å². The number of aromatic nitrogens is 3. The summed E-state index contributed by atoms with van der Waals surface area (Å²) in [5, 5.41) is 11.9. The van der Waals surface area contributed by atoms with E-state index < -0.39 is 0 Å². The zero-order valence-electron chi connectivity index (χ0n) is 10.7. The Labute approximate surface area is 121 Å². The smallest absolute Gasteiger partial charge is 0.170 e. The van der Waals surface area contributed by atoms with E-state index in [0.29, 0.717) is 28.9 Å². The molecule has 0 amide bonds. The van der Waals surface area contributed by atoms with Gasteiger partial charge >= 0.3 is 0 Å². The molecule has 0 spiro atoms. The number of hydrogen-bond acceptors (Lipinski definition) is 4. The van der Waals surface area contributed by atoms with Crippen LogP contribution in [0.1, 0.15) is 11.4 Å². The lowest BCUT2D eigenvalue weighted by Crippen LogP contribution is -2.09. The van der Waals surface area contributed by atoms with Crippen LogP contribution in [0.15, 0.2) is 18.5 Å². The highest BCUT2D eigenvalue weighted by molar-refractivity contribution is 6.35. The summed E-state index contributed by atoms with van der Waals surface area (Å²) in [5.74, 6) is 1.34. The van der Waals surface area contributed by atoms with Gasteiger partial charge in [-0.25, -0.2) is 0 Å². The Balaban J connectivity index is 2.21. The molecule has 0 atom stereocenters. The Hall–Kier alpha value is -1.30. The topological polar surface area (TPSA) is 52.0 Å².